The quantitative estimate of drug-likeness (QED) is 0.748. The number of carbonyl (C=O) groups excluding carboxylic acids is 1. The van der Waals surface area contributed by atoms with E-state index in [-0.39, 0.29) is 15.2 Å². The van der Waals surface area contributed by atoms with E-state index in [4.69, 9.17) is 0 Å². The lowest BCUT2D eigenvalue weighted by atomic mass is 10.3. The summed E-state index contributed by atoms with van der Waals surface area (Å²) in [4.78, 5) is 28.0. The molecule has 3 heterocycles. The van der Waals surface area contributed by atoms with Crippen molar-refractivity contribution in [1.82, 2.24) is 19.3 Å². The second-order valence-corrected chi connectivity index (χ2v) is 9.81. The maximum absolute atomic E-state index is 12.9. The monoisotopic (exact) mass is 425 g/mol. The smallest absolute Gasteiger partial charge is 0.254 e. The summed E-state index contributed by atoms with van der Waals surface area (Å²) in [6.45, 7) is 4.90. The lowest BCUT2D eigenvalue weighted by Crippen LogP contribution is -2.49. The Balaban J connectivity index is 1.71. The third kappa shape index (κ3) is 4.39. The van der Waals surface area contributed by atoms with Gasteiger partial charge in [0.15, 0.2) is 9.34 Å². The Hall–Kier alpha value is -2.31. The van der Waals surface area contributed by atoms with Crippen LogP contribution in [0.5, 0.6) is 0 Å². The molecular formula is C16H23N7O3S2. The van der Waals surface area contributed by atoms with E-state index in [1.54, 1.807) is 0 Å². The first kappa shape index (κ1) is 20.4. The number of piperazine rings is 1. The highest BCUT2D eigenvalue weighted by Crippen LogP contribution is 2.27. The fraction of sp³-hybridized carbons (Fsp3) is 0.500. The Kier molecular flexibility index (Phi) is 5.82. The molecule has 0 spiro atoms. The van der Waals surface area contributed by atoms with E-state index in [1.807, 2.05) is 36.9 Å². The number of amides is 1. The number of anilines is 3. The summed E-state index contributed by atoms with van der Waals surface area (Å²) in [5, 5.41) is 2.78. The zero-order valence-corrected chi connectivity index (χ0v) is 17.8. The molecule has 1 amide bonds. The summed E-state index contributed by atoms with van der Waals surface area (Å²) in [5.41, 5.74) is 0.860. The SMILES string of the molecule is CC(=O)Nc1ncc(S(=O)(=O)N2CCN(c3nc(C)cc(N(C)C)n3)CC2)s1. The molecule has 3 rings (SSSR count). The second kappa shape index (κ2) is 7.97. The van der Waals surface area contributed by atoms with E-state index in [0.29, 0.717) is 32.1 Å². The van der Waals surface area contributed by atoms with Gasteiger partial charge < -0.3 is 15.1 Å². The molecule has 1 N–H and O–H groups in total. The van der Waals surface area contributed by atoms with E-state index in [2.05, 4.69) is 20.3 Å². The summed E-state index contributed by atoms with van der Waals surface area (Å²) >= 11 is 0.950. The molecule has 0 bridgehead atoms. The van der Waals surface area contributed by atoms with Crippen LogP contribution in [0.4, 0.5) is 16.9 Å². The number of nitrogens with zero attached hydrogens (tertiary/aromatic N) is 6. The van der Waals surface area contributed by atoms with Gasteiger partial charge in [-0.15, -0.1) is 0 Å². The van der Waals surface area contributed by atoms with Gasteiger partial charge in [-0.3, -0.25) is 4.79 Å². The van der Waals surface area contributed by atoms with Crippen LogP contribution in [-0.4, -0.2) is 73.9 Å². The third-order valence-corrected chi connectivity index (χ3v) is 7.42. The predicted molar refractivity (Wildman–Crippen MR) is 108 cm³/mol. The van der Waals surface area contributed by atoms with Crippen molar-refractivity contribution in [3.8, 4) is 0 Å². The van der Waals surface area contributed by atoms with Gasteiger partial charge in [-0.2, -0.15) is 9.29 Å². The highest BCUT2D eigenvalue weighted by atomic mass is 32.2. The molecule has 2 aromatic heterocycles. The molecule has 12 heteroatoms. The van der Waals surface area contributed by atoms with Gasteiger partial charge in [-0.05, 0) is 6.92 Å². The zero-order valence-electron chi connectivity index (χ0n) is 16.2. The van der Waals surface area contributed by atoms with E-state index in [0.717, 1.165) is 22.8 Å². The van der Waals surface area contributed by atoms with Crippen LogP contribution in [0, 0.1) is 6.92 Å². The van der Waals surface area contributed by atoms with Crippen LogP contribution in [-0.2, 0) is 14.8 Å². The fourth-order valence-corrected chi connectivity index (χ4v) is 5.40. The van der Waals surface area contributed by atoms with Crippen molar-refractivity contribution in [2.24, 2.45) is 0 Å². The Morgan fingerprint density at radius 2 is 1.89 bits per heavy atom. The first-order valence-corrected chi connectivity index (χ1v) is 10.9. The average molecular weight is 426 g/mol. The van der Waals surface area contributed by atoms with Gasteiger partial charge in [0.2, 0.25) is 11.9 Å². The van der Waals surface area contributed by atoms with Crippen molar-refractivity contribution in [3.05, 3.63) is 18.0 Å². The lowest BCUT2D eigenvalue weighted by molar-refractivity contribution is -0.114. The molecule has 0 unspecified atom stereocenters. The first-order valence-electron chi connectivity index (χ1n) is 8.68. The Labute approximate surface area is 168 Å². The fourth-order valence-electron chi connectivity index (χ4n) is 2.75. The number of thiazole rings is 1. The Morgan fingerprint density at radius 3 is 2.50 bits per heavy atom. The maximum Gasteiger partial charge on any atom is 0.254 e. The van der Waals surface area contributed by atoms with Gasteiger partial charge in [0, 0.05) is 59.0 Å². The molecule has 0 aromatic carbocycles. The summed E-state index contributed by atoms with van der Waals surface area (Å²) < 4.78 is 27.3. The van der Waals surface area contributed by atoms with Crippen molar-refractivity contribution >= 4 is 44.2 Å². The van der Waals surface area contributed by atoms with Crippen molar-refractivity contribution in [2.45, 2.75) is 18.1 Å². The van der Waals surface area contributed by atoms with Crippen molar-refractivity contribution in [1.29, 1.82) is 0 Å². The van der Waals surface area contributed by atoms with Crippen molar-refractivity contribution in [3.63, 3.8) is 0 Å². The van der Waals surface area contributed by atoms with Crippen LogP contribution >= 0.6 is 11.3 Å². The molecule has 0 aliphatic carbocycles. The minimum absolute atomic E-state index is 0.117. The number of hydrogen-bond acceptors (Lipinski definition) is 9. The summed E-state index contributed by atoms with van der Waals surface area (Å²) in [6.07, 6.45) is 1.28. The van der Waals surface area contributed by atoms with Gasteiger partial charge >= 0.3 is 0 Å². The molecule has 1 aliphatic rings. The summed E-state index contributed by atoms with van der Waals surface area (Å²) in [6, 6.07) is 1.90. The number of rotatable bonds is 5. The number of sulfonamides is 1. The number of hydrogen-bond donors (Lipinski definition) is 1. The number of aromatic nitrogens is 3. The lowest BCUT2D eigenvalue weighted by Gasteiger charge is -2.34. The Bertz CT molecular complexity index is 966. The van der Waals surface area contributed by atoms with Gasteiger partial charge in [0.05, 0.1) is 6.20 Å². The molecule has 0 saturated carbocycles. The molecule has 152 valence electrons. The summed E-state index contributed by atoms with van der Waals surface area (Å²) in [7, 11) is 0.184. The zero-order chi connectivity index (χ0) is 20.5. The highest BCUT2D eigenvalue weighted by Gasteiger charge is 2.31. The molecule has 1 saturated heterocycles. The van der Waals surface area contributed by atoms with Gasteiger partial charge in [-0.25, -0.2) is 18.4 Å². The molecular weight excluding hydrogens is 402 g/mol. The van der Waals surface area contributed by atoms with Gasteiger partial charge in [0.1, 0.15) is 5.82 Å². The highest BCUT2D eigenvalue weighted by molar-refractivity contribution is 7.91. The van der Waals surface area contributed by atoms with Crippen LogP contribution in [0.25, 0.3) is 0 Å². The van der Waals surface area contributed by atoms with Crippen LogP contribution in [0.15, 0.2) is 16.5 Å². The normalized spacial score (nSPS) is 15.5. The molecule has 10 nitrogen and oxygen atoms in total. The molecule has 28 heavy (non-hydrogen) atoms. The molecule has 1 fully saturated rings. The van der Waals surface area contributed by atoms with E-state index >= 15 is 0 Å². The number of carbonyl (C=O) groups is 1. The van der Waals surface area contributed by atoms with E-state index < -0.39 is 10.0 Å². The van der Waals surface area contributed by atoms with Crippen LogP contribution in [0.1, 0.15) is 12.6 Å². The Morgan fingerprint density at radius 1 is 1.21 bits per heavy atom. The maximum atomic E-state index is 12.9. The topological polar surface area (TPSA) is 112 Å². The predicted octanol–water partition coefficient (Wildman–Crippen LogP) is 0.777. The molecule has 0 atom stereocenters. The standard InChI is InChI=1S/C16H23N7O3S2/c1-11-9-13(21(3)4)20-15(18-11)22-5-7-23(8-6-22)28(25,26)14-10-17-16(27-14)19-12(2)24/h9-10H,5-8H2,1-4H3,(H,17,19,24). The average Bonchev–Trinajstić information content (AvgIpc) is 3.10. The van der Waals surface area contributed by atoms with Crippen molar-refractivity contribution < 1.29 is 13.2 Å². The molecule has 0 radical (unpaired) electrons. The van der Waals surface area contributed by atoms with Crippen LogP contribution in [0.3, 0.4) is 0 Å². The third-order valence-electron chi connectivity index (χ3n) is 4.17. The van der Waals surface area contributed by atoms with Crippen LogP contribution in [0.2, 0.25) is 0 Å². The molecule has 2 aromatic rings. The van der Waals surface area contributed by atoms with Crippen LogP contribution < -0.4 is 15.1 Å². The van der Waals surface area contributed by atoms with Gasteiger partial charge in [0.25, 0.3) is 10.0 Å². The first-order chi connectivity index (χ1) is 13.2. The van der Waals surface area contributed by atoms with Crippen molar-refractivity contribution in [2.75, 3.05) is 55.4 Å². The minimum Gasteiger partial charge on any atom is -0.363 e. The van der Waals surface area contributed by atoms with Gasteiger partial charge in [-0.1, -0.05) is 11.3 Å². The second-order valence-electron chi connectivity index (χ2n) is 6.62. The van der Waals surface area contributed by atoms with E-state index in [9.17, 15) is 13.2 Å². The summed E-state index contributed by atoms with van der Waals surface area (Å²) in [5.74, 6) is 1.13. The number of nitrogens with one attached hydrogen (secondary N) is 1. The number of aryl methyl sites for hydroxylation is 1. The van der Waals surface area contributed by atoms with E-state index in [1.165, 1.54) is 17.4 Å². The molecule has 1 aliphatic heterocycles. The largest absolute Gasteiger partial charge is 0.363 e. The minimum atomic E-state index is -3.65.